The van der Waals surface area contributed by atoms with Crippen molar-refractivity contribution in [3.8, 4) is 0 Å². The molecule has 0 fully saturated rings. The zero-order chi connectivity index (χ0) is 18.0. The first-order chi connectivity index (χ1) is 12.0. The van der Waals surface area contributed by atoms with E-state index < -0.39 is 0 Å². The summed E-state index contributed by atoms with van der Waals surface area (Å²) in [7, 11) is 0. The number of hydrogen-bond donors (Lipinski definition) is 0. The van der Waals surface area contributed by atoms with Gasteiger partial charge in [0.05, 0.1) is 16.8 Å². The van der Waals surface area contributed by atoms with Gasteiger partial charge in [0.25, 0.3) is 0 Å². The van der Waals surface area contributed by atoms with Gasteiger partial charge in [-0.15, -0.1) is 0 Å². The van der Waals surface area contributed by atoms with Crippen LogP contribution in [0.1, 0.15) is 45.2 Å². The molecule has 0 aliphatic rings. The second kappa shape index (κ2) is 7.06. The summed E-state index contributed by atoms with van der Waals surface area (Å²) >= 11 is 0. The maximum absolute atomic E-state index is 12.8. The molecule has 0 saturated heterocycles. The number of benzene rings is 2. The van der Waals surface area contributed by atoms with Crippen LogP contribution in [0.4, 0.5) is 0 Å². The normalized spacial score (nSPS) is 10.9. The number of carbonyl (C=O) groups is 1. The molecule has 0 saturated carbocycles. The predicted molar refractivity (Wildman–Crippen MR) is 101 cm³/mol. The molecule has 0 atom stereocenters. The summed E-state index contributed by atoms with van der Waals surface area (Å²) in [6.45, 7) is 8.33. The number of nitrogens with zero attached hydrogens (tertiary/aromatic N) is 1. The third-order valence-corrected chi connectivity index (χ3v) is 4.63. The monoisotopic (exact) mass is 333 g/mol. The van der Waals surface area contributed by atoms with Gasteiger partial charge < -0.3 is 4.74 Å². The number of aromatic nitrogens is 1. The van der Waals surface area contributed by atoms with Crippen molar-refractivity contribution in [1.82, 2.24) is 4.98 Å². The van der Waals surface area contributed by atoms with Gasteiger partial charge in [0.1, 0.15) is 6.61 Å². The summed E-state index contributed by atoms with van der Waals surface area (Å²) in [6, 6.07) is 14.1. The molecular weight excluding hydrogens is 310 g/mol. The predicted octanol–water partition coefficient (Wildman–Crippen LogP) is 5.08. The molecular formula is C22H23NO2. The summed E-state index contributed by atoms with van der Waals surface area (Å²) < 4.78 is 5.64. The summed E-state index contributed by atoms with van der Waals surface area (Å²) in [4.78, 5) is 17.5. The largest absolute Gasteiger partial charge is 0.457 e. The number of para-hydroxylation sites is 1. The number of carbonyl (C=O) groups excluding carboxylic acids is 1. The van der Waals surface area contributed by atoms with Crippen molar-refractivity contribution in [3.05, 3.63) is 76.0 Å². The zero-order valence-corrected chi connectivity index (χ0v) is 15.2. The fraction of sp³-hybridized carbons (Fsp3) is 0.273. The lowest BCUT2D eigenvalue weighted by Crippen LogP contribution is -2.13. The number of pyridine rings is 1. The third-order valence-electron chi connectivity index (χ3n) is 4.63. The van der Waals surface area contributed by atoms with Crippen molar-refractivity contribution in [2.75, 3.05) is 0 Å². The van der Waals surface area contributed by atoms with Crippen LogP contribution in [0.15, 0.2) is 42.5 Å². The average Bonchev–Trinajstić information content (AvgIpc) is 2.62. The topological polar surface area (TPSA) is 39.2 Å². The standard InChI is InChI=1S/C22H23NO2/c1-5-19-21(16(4)18-8-6-7-9-20(18)23-19)22(24)25-13-17-12-14(2)10-11-15(17)3/h6-12H,5,13H2,1-4H3. The molecule has 0 N–H and O–H groups in total. The third kappa shape index (κ3) is 3.41. The number of hydrogen-bond acceptors (Lipinski definition) is 3. The van der Waals surface area contributed by atoms with Crippen molar-refractivity contribution < 1.29 is 9.53 Å². The van der Waals surface area contributed by atoms with E-state index in [2.05, 4.69) is 23.2 Å². The lowest BCUT2D eigenvalue weighted by atomic mass is 10.0. The van der Waals surface area contributed by atoms with Crippen LogP contribution in [-0.4, -0.2) is 11.0 Å². The van der Waals surface area contributed by atoms with Gasteiger partial charge in [-0.1, -0.05) is 48.9 Å². The molecule has 128 valence electrons. The van der Waals surface area contributed by atoms with Crippen molar-refractivity contribution in [3.63, 3.8) is 0 Å². The maximum atomic E-state index is 12.8. The van der Waals surface area contributed by atoms with Gasteiger partial charge in [-0.2, -0.15) is 0 Å². The molecule has 3 rings (SSSR count). The van der Waals surface area contributed by atoms with Crippen LogP contribution in [0.25, 0.3) is 10.9 Å². The van der Waals surface area contributed by atoms with E-state index >= 15 is 0 Å². The number of rotatable bonds is 4. The molecule has 3 nitrogen and oxygen atoms in total. The van der Waals surface area contributed by atoms with Gasteiger partial charge in [0.15, 0.2) is 0 Å². The minimum atomic E-state index is -0.298. The Morgan fingerprint density at radius 1 is 1.08 bits per heavy atom. The van der Waals surface area contributed by atoms with E-state index in [4.69, 9.17) is 4.74 Å². The zero-order valence-electron chi connectivity index (χ0n) is 15.2. The number of fused-ring (bicyclic) bond motifs is 1. The SMILES string of the molecule is CCc1nc2ccccc2c(C)c1C(=O)OCc1cc(C)ccc1C. The highest BCUT2D eigenvalue weighted by atomic mass is 16.5. The first kappa shape index (κ1) is 17.2. The molecule has 0 amide bonds. The highest BCUT2D eigenvalue weighted by molar-refractivity contribution is 5.98. The Kier molecular flexibility index (Phi) is 4.84. The smallest absolute Gasteiger partial charge is 0.340 e. The second-order valence-corrected chi connectivity index (χ2v) is 6.44. The van der Waals surface area contributed by atoms with E-state index in [0.717, 1.165) is 38.9 Å². The van der Waals surface area contributed by atoms with E-state index in [1.807, 2.05) is 52.0 Å². The van der Waals surface area contributed by atoms with Crippen LogP contribution < -0.4 is 0 Å². The van der Waals surface area contributed by atoms with E-state index in [0.29, 0.717) is 12.0 Å². The van der Waals surface area contributed by atoms with Crippen LogP contribution >= 0.6 is 0 Å². The second-order valence-electron chi connectivity index (χ2n) is 6.44. The van der Waals surface area contributed by atoms with Crippen molar-refractivity contribution in [2.45, 2.75) is 40.7 Å². The Labute approximate surface area is 148 Å². The first-order valence-corrected chi connectivity index (χ1v) is 8.62. The van der Waals surface area contributed by atoms with E-state index in [1.165, 1.54) is 0 Å². The molecule has 0 bridgehead atoms. The number of ether oxygens (including phenoxy) is 1. The van der Waals surface area contributed by atoms with Gasteiger partial charge in [0.2, 0.25) is 0 Å². The molecule has 0 spiro atoms. The Balaban J connectivity index is 1.94. The molecule has 0 aliphatic carbocycles. The molecule has 1 aromatic heterocycles. The van der Waals surface area contributed by atoms with Crippen molar-refractivity contribution in [1.29, 1.82) is 0 Å². The molecule has 0 unspecified atom stereocenters. The van der Waals surface area contributed by atoms with E-state index in [1.54, 1.807) is 0 Å². The molecule has 3 heteroatoms. The van der Waals surface area contributed by atoms with Crippen LogP contribution in [0.3, 0.4) is 0 Å². The summed E-state index contributed by atoms with van der Waals surface area (Å²) in [5.41, 5.74) is 6.58. The van der Waals surface area contributed by atoms with Crippen LogP contribution in [0, 0.1) is 20.8 Å². The van der Waals surface area contributed by atoms with Crippen molar-refractivity contribution in [2.24, 2.45) is 0 Å². The lowest BCUT2D eigenvalue weighted by molar-refractivity contribution is 0.0469. The molecule has 3 aromatic rings. The van der Waals surface area contributed by atoms with E-state index in [9.17, 15) is 4.79 Å². The quantitative estimate of drug-likeness (QED) is 0.625. The highest BCUT2D eigenvalue weighted by Crippen LogP contribution is 2.24. The van der Waals surface area contributed by atoms with Crippen LogP contribution in [0.2, 0.25) is 0 Å². The van der Waals surface area contributed by atoms with Crippen LogP contribution in [-0.2, 0) is 17.8 Å². The van der Waals surface area contributed by atoms with Crippen LogP contribution in [0.5, 0.6) is 0 Å². The van der Waals surface area contributed by atoms with E-state index in [-0.39, 0.29) is 12.6 Å². The Morgan fingerprint density at radius 2 is 1.84 bits per heavy atom. The summed E-state index contributed by atoms with van der Waals surface area (Å²) in [5.74, 6) is -0.298. The Bertz CT molecular complexity index is 944. The average molecular weight is 333 g/mol. The summed E-state index contributed by atoms with van der Waals surface area (Å²) in [6.07, 6.45) is 0.694. The minimum absolute atomic E-state index is 0.280. The number of esters is 1. The van der Waals surface area contributed by atoms with Gasteiger partial charge in [-0.25, -0.2) is 4.79 Å². The highest BCUT2D eigenvalue weighted by Gasteiger charge is 2.19. The van der Waals surface area contributed by atoms with Gasteiger partial charge in [0, 0.05) is 5.39 Å². The fourth-order valence-corrected chi connectivity index (χ4v) is 3.14. The molecule has 0 radical (unpaired) electrons. The molecule has 25 heavy (non-hydrogen) atoms. The van der Waals surface area contributed by atoms with Gasteiger partial charge in [-0.05, 0) is 49.9 Å². The first-order valence-electron chi connectivity index (χ1n) is 8.62. The van der Waals surface area contributed by atoms with Gasteiger partial charge in [-0.3, -0.25) is 4.98 Å². The fourth-order valence-electron chi connectivity index (χ4n) is 3.14. The minimum Gasteiger partial charge on any atom is -0.457 e. The van der Waals surface area contributed by atoms with Gasteiger partial charge >= 0.3 is 5.97 Å². The maximum Gasteiger partial charge on any atom is 0.340 e. The Morgan fingerprint density at radius 3 is 2.60 bits per heavy atom. The van der Waals surface area contributed by atoms with Crippen molar-refractivity contribution >= 4 is 16.9 Å². The molecule has 2 aromatic carbocycles. The molecule has 0 aliphatic heterocycles. The molecule has 1 heterocycles. The number of aryl methyl sites for hydroxylation is 4. The Hall–Kier alpha value is -2.68. The lowest BCUT2D eigenvalue weighted by Gasteiger charge is -2.14. The summed E-state index contributed by atoms with van der Waals surface area (Å²) in [5, 5.41) is 0.999.